The van der Waals surface area contributed by atoms with Crippen molar-refractivity contribution in [3.63, 3.8) is 0 Å². The van der Waals surface area contributed by atoms with Gasteiger partial charge in [0.1, 0.15) is 0 Å². The van der Waals surface area contributed by atoms with Gasteiger partial charge in [0.2, 0.25) is 5.71 Å². The van der Waals surface area contributed by atoms with Gasteiger partial charge in [0.05, 0.1) is 11.1 Å². The standard InChI is InChI=1S/C31H34N2O/c1-21(2)28-27(30(34)32-25-15-11-8-12-16-25)26(23-13-9-7-10-14-23)29(33(28)31(4,5)6)24-19-17-22(3)18-20-24/h7-21,28H,1-6H3/p+1. The summed E-state index contributed by atoms with van der Waals surface area (Å²) in [4.78, 5) is 14.0. The van der Waals surface area contributed by atoms with Crippen LogP contribution in [0, 0.1) is 12.8 Å². The second-order valence-electron chi connectivity index (χ2n) is 10.4. The number of allylic oxidation sites excluding steroid dienone is 1. The van der Waals surface area contributed by atoms with Gasteiger partial charge in [0.15, 0.2) is 11.6 Å². The number of aryl methyl sites for hydroxylation is 1. The first-order chi connectivity index (χ1) is 16.2. The van der Waals surface area contributed by atoms with Crippen molar-refractivity contribution >= 4 is 22.9 Å². The fraction of sp³-hybridized carbons (Fsp3) is 0.290. The molecule has 3 heteroatoms. The topological polar surface area (TPSA) is 32.1 Å². The molecular formula is C31H35N2O+. The summed E-state index contributed by atoms with van der Waals surface area (Å²) in [7, 11) is 0. The van der Waals surface area contributed by atoms with E-state index in [1.165, 1.54) is 5.56 Å². The summed E-state index contributed by atoms with van der Waals surface area (Å²) in [5.74, 6) is 0.192. The van der Waals surface area contributed by atoms with Gasteiger partial charge in [-0.2, -0.15) is 0 Å². The van der Waals surface area contributed by atoms with Gasteiger partial charge >= 0.3 is 0 Å². The molecule has 0 aliphatic carbocycles. The van der Waals surface area contributed by atoms with E-state index in [4.69, 9.17) is 0 Å². The normalized spacial score (nSPS) is 16.4. The summed E-state index contributed by atoms with van der Waals surface area (Å²) in [6.07, 6.45) is 0. The lowest BCUT2D eigenvalue weighted by Gasteiger charge is -2.27. The first-order valence-corrected chi connectivity index (χ1v) is 12.1. The van der Waals surface area contributed by atoms with Crippen molar-refractivity contribution in [2.24, 2.45) is 5.92 Å². The number of amides is 1. The Balaban J connectivity index is 2.02. The molecule has 1 unspecified atom stereocenters. The molecule has 1 atom stereocenters. The van der Waals surface area contributed by atoms with E-state index < -0.39 is 0 Å². The predicted octanol–water partition coefficient (Wildman–Crippen LogP) is 6.73. The van der Waals surface area contributed by atoms with Gasteiger partial charge in [0, 0.05) is 17.2 Å². The van der Waals surface area contributed by atoms with Crippen molar-refractivity contribution in [1.82, 2.24) is 0 Å². The molecule has 1 heterocycles. The summed E-state index contributed by atoms with van der Waals surface area (Å²) in [5.41, 5.74) is 7.00. The molecule has 3 nitrogen and oxygen atoms in total. The maximum Gasteiger partial charge on any atom is 0.259 e. The van der Waals surface area contributed by atoms with Crippen molar-refractivity contribution in [1.29, 1.82) is 0 Å². The average molecular weight is 452 g/mol. The lowest BCUT2D eigenvalue weighted by atomic mass is 9.88. The molecule has 1 N–H and O–H groups in total. The minimum atomic E-state index is -0.191. The number of anilines is 1. The Kier molecular flexibility index (Phi) is 6.56. The molecule has 0 bridgehead atoms. The van der Waals surface area contributed by atoms with Crippen LogP contribution in [-0.2, 0) is 4.79 Å². The quantitative estimate of drug-likeness (QED) is 0.429. The monoisotopic (exact) mass is 451 g/mol. The largest absolute Gasteiger partial charge is 0.322 e. The van der Waals surface area contributed by atoms with Gasteiger partial charge in [0.25, 0.3) is 5.91 Å². The molecule has 1 amide bonds. The number of benzene rings is 3. The van der Waals surface area contributed by atoms with E-state index in [0.29, 0.717) is 0 Å². The summed E-state index contributed by atoms with van der Waals surface area (Å²) in [6, 6.07) is 28.7. The van der Waals surface area contributed by atoms with E-state index in [0.717, 1.165) is 33.7 Å². The lowest BCUT2D eigenvalue weighted by molar-refractivity contribution is -0.623. The number of para-hydroxylation sites is 1. The van der Waals surface area contributed by atoms with Crippen LogP contribution in [0.15, 0.2) is 90.5 Å². The molecule has 0 fully saturated rings. The van der Waals surface area contributed by atoms with E-state index in [9.17, 15) is 4.79 Å². The Morgan fingerprint density at radius 2 is 1.38 bits per heavy atom. The zero-order chi connectivity index (χ0) is 24.5. The van der Waals surface area contributed by atoms with Crippen LogP contribution in [0.5, 0.6) is 0 Å². The highest BCUT2D eigenvalue weighted by molar-refractivity contribution is 6.36. The molecule has 174 valence electrons. The minimum absolute atomic E-state index is 0.0416. The van der Waals surface area contributed by atoms with Gasteiger partial charge < -0.3 is 5.32 Å². The summed E-state index contributed by atoms with van der Waals surface area (Å²) in [6.45, 7) is 13.2. The highest BCUT2D eigenvalue weighted by atomic mass is 16.1. The zero-order valence-corrected chi connectivity index (χ0v) is 21.1. The molecule has 1 aliphatic heterocycles. The molecule has 0 saturated heterocycles. The third-order valence-electron chi connectivity index (χ3n) is 6.34. The molecule has 0 radical (unpaired) electrons. The SMILES string of the molecule is Cc1ccc(C2=[N+](C(C)(C)C)C(C(C)C)C(C(=O)Nc3ccccc3)=C2c2ccccc2)cc1. The van der Waals surface area contributed by atoms with Crippen LogP contribution in [0.2, 0.25) is 0 Å². The number of carbonyl (C=O) groups excluding carboxylic acids is 1. The highest BCUT2D eigenvalue weighted by Crippen LogP contribution is 2.39. The Hall–Kier alpha value is -3.46. The number of carbonyl (C=O) groups is 1. The summed E-state index contributed by atoms with van der Waals surface area (Å²) >= 11 is 0. The van der Waals surface area contributed by atoms with Gasteiger partial charge in [-0.05, 0) is 57.5 Å². The van der Waals surface area contributed by atoms with Crippen LogP contribution >= 0.6 is 0 Å². The Morgan fingerprint density at radius 3 is 1.91 bits per heavy atom. The Labute approximate surface area is 203 Å². The number of nitrogens with zero attached hydrogens (tertiary/aromatic N) is 1. The Bertz CT molecular complexity index is 1230. The van der Waals surface area contributed by atoms with E-state index in [-0.39, 0.29) is 23.4 Å². The fourth-order valence-corrected chi connectivity index (χ4v) is 4.91. The van der Waals surface area contributed by atoms with Crippen LogP contribution < -0.4 is 5.32 Å². The van der Waals surface area contributed by atoms with Crippen LogP contribution in [0.25, 0.3) is 5.57 Å². The molecule has 3 aromatic rings. The van der Waals surface area contributed by atoms with Crippen molar-refractivity contribution in [2.75, 3.05) is 5.32 Å². The zero-order valence-electron chi connectivity index (χ0n) is 21.1. The van der Waals surface area contributed by atoms with E-state index in [2.05, 4.69) is 87.8 Å². The lowest BCUT2D eigenvalue weighted by Crippen LogP contribution is -2.45. The van der Waals surface area contributed by atoms with Crippen molar-refractivity contribution in [3.8, 4) is 0 Å². The number of nitrogens with one attached hydrogen (secondary N) is 1. The van der Waals surface area contributed by atoms with Gasteiger partial charge in [-0.15, -0.1) is 0 Å². The molecule has 3 aromatic carbocycles. The fourth-order valence-electron chi connectivity index (χ4n) is 4.91. The van der Waals surface area contributed by atoms with E-state index >= 15 is 0 Å². The van der Waals surface area contributed by atoms with Crippen LogP contribution in [0.1, 0.15) is 51.3 Å². The van der Waals surface area contributed by atoms with Gasteiger partial charge in [-0.1, -0.05) is 80.1 Å². The second-order valence-corrected chi connectivity index (χ2v) is 10.4. The van der Waals surface area contributed by atoms with Crippen molar-refractivity contribution in [3.05, 3.63) is 107 Å². The summed E-state index contributed by atoms with van der Waals surface area (Å²) in [5, 5.41) is 3.18. The molecule has 4 rings (SSSR count). The van der Waals surface area contributed by atoms with Crippen LogP contribution in [0.4, 0.5) is 5.69 Å². The highest BCUT2D eigenvalue weighted by Gasteiger charge is 2.50. The van der Waals surface area contributed by atoms with E-state index in [1.807, 2.05) is 48.5 Å². The molecule has 34 heavy (non-hydrogen) atoms. The Morgan fingerprint density at radius 1 is 0.824 bits per heavy atom. The van der Waals surface area contributed by atoms with Gasteiger partial charge in [-0.25, -0.2) is 4.58 Å². The molecule has 0 saturated carbocycles. The first-order valence-electron chi connectivity index (χ1n) is 12.1. The third kappa shape index (κ3) is 4.61. The third-order valence-corrected chi connectivity index (χ3v) is 6.34. The van der Waals surface area contributed by atoms with E-state index in [1.54, 1.807) is 0 Å². The average Bonchev–Trinajstić information content (AvgIpc) is 3.18. The van der Waals surface area contributed by atoms with Crippen LogP contribution in [-0.4, -0.2) is 27.8 Å². The first kappa shape index (κ1) is 23.7. The molecular weight excluding hydrogens is 416 g/mol. The van der Waals surface area contributed by atoms with Gasteiger partial charge in [-0.3, -0.25) is 4.79 Å². The van der Waals surface area contributed by atoms with Crippen molar-refractivity contribution < 1.29 is 9.37 Å². The minimum Gasteiger partial charge on any atom is -0.322 e. The second kappa shape index (κ2) is 9.42. The number of rotatable bonds is 5. The molecule has 0 aromatic heterocycles. The smallest absolute Gasteiger partial charge is 0.259 e. The van der Waals surface area contributed by atoms with Crippen LogP contribution in [0.3, 0.4) is 0 Å². The number of hydrogen-bond donors (Lipinski definition) is 1. The number of hydrogen-bond acceptors (Lipinski definition) is 1. The molecule has 1 aliphatic rings. The predicted molar refractivity (Wildman–Crippen MR) is 142 cm³/mol. The maximum atomic E-state index is 14.0. The summed E-state index contributed by atoms with van der Waals surface area (Å²) < 4.78 is 2.46. The molecule has 0 spiro atoms. The maximum absolute atomic E-state index is 14.0. The van der Waals surface area contributed by atoms with Crippen molar-refractivity contribution in [2.45, 2.75) is 53.1 Å².